The number of rotatable bonds is 5. The first kappa shape index (κ1) is 33.4. The van der Waals surface area contributed by atoms with E-state index in [1.165, 1.54) is 116 Å². The van der Waals surface area contributed by atoms with Gasteiger partial charge in [0, 0.05) is 11.3 Å². The summed E-state index contributed by atoms with van der Waals surface area (Å²) in [6, 6.07) is 71.2. The average molecular weight is 739 g/mol. The molecule has 0 aromatic heterocycles. The van der Waals surface area contributed by atoms with Crippen molar-refractivity contribution in [1.29, 1.82) is 0 Å². The predicted molar refractivity (Wildman–Crippen MR) is 243 cm³/mol. The van der Waals surface area contributed by atoms with Gasteiger partial charge in [-0.15, -0.1) is 0 Å². The van der Waals surface area contributed by atoms with Gasteiger partial charge in [-0.1, -0.05) is 190 Å². The maximum Gasteiger partial charge on any atom is 0.0340 e. The van der Waals surface area contributed by atoms with E-state index < -0.39 is 0 Å². The fourth-order valence-electron chi connectivity index (χ4n) is 10.9. The zero-order valence-corrected chi connectivity index (χ0v) is 32.9. The number of fused-ring (bicyclic) bond motifs is 10. The molecule has 0 saturated heterocycles. The minimum absolute atomic E-state index is 0.0693. The van der Waals surface area contributed by atoms with E-state index in [2.05, 4.69) is 202 Å². The molecule has 58 heavy (non-hydrogen) atoms. The second kappa shape index (κ2) is 12.6. The number of hydrogen-bond acceptors (Lipinski definition) is 0. The highest BCUT2D eigenvalue weighted by Crippen LogP contribution is 2.52. The molecule has 0 saturated carbocycles. The number of benzene rings is 9. The van der Waals surface area contributed by atoms with Crippen LogP contribution in [0.2, 0.25) is 0 Å². The molecule has 0 bridgehead atoms. The van der Waals surface area contributed by atoms with Crippen LogP contribution in [0.5, 0.6) is 0 Å². The largest absolute Gasteiger partial charge is 0.0622 e. The predicted octanol–water partition coefficient (Wildman–Crippen LogP) is 14.8. The average Bonchev–Trinajstić information content (AvgIpc) is 3.91. The lowest BCUT2D eigenvalue weighted by Gasteiger charge is -2.25. The van der Waals surface area contributed by atoms with Crippen LogP contribution in [0, 0.1) is 0 Å². The molecule has 1 unspecified atom stereocenters. The molecule has 0 amide bonds. The zero-order chi connectivity index (χ0) is 38.5. The summed E-state index contributed by atoms with van der Waals surface area (Å²) < 4.78 is 0. The van der Waals surface area contributed by atoms with Crippen molar-refractivity contribution in [3.8, 4) is 55.6 Å². The van der Waals surface area contributed by atoms with E-state index in [-0.39, 0.29) is 11.3 Å². The molecule has 0 nitrogen and oxygen atoms in total. The summed E-state index contributed by atoms with van der Waals surface area (Å²) in [7, 11) is 0. The molecule has 0 aliphatic heterocycles. The Kier molecular flexibility index (Phi) is 7.27. The summed E-state index contributed by atoms with van der Waals surface area (Å²) in [5.41, 5.74) is 26.0. The van der Waals surface area contributed by atoms with Crippen molar-refractivity contribution in [3.05, 3.63) is 238 Å². The van der Waals surface area contributed by atoms with Crippen molar-refractivity contribution in [2.45, 2.75) is 38.0 Å². The van der Waals surface area contributed by atoms with E-state index in [0.717, 1.165) is 12.8 Å². The summed E-state index contributed by atoms with van der Waals surface area (Å²) in [6.07, 6.45) is 1.91. The fourth-order valence-corrected chi connectivity index (χ4v) is 10.9. The van der Waals surface area contributed by atoms with Crippen LogP contribution in [0.25, 0.3) is 66.4 Å². The third kappa shape index (κ3) is 4.94. The van der Waals surface area contributed by atoms with Gasteiger partial charge < -0.3 is 0 Å². The third-order valence-corrected chi connectivity index (χ3v) is 13.7. The van der Waals surface area contributed by atoms with Crippen molar-refractivity contribution in [3.63, 3.8) is 0 Å². The Balaban J connectivity index is 1.03. The summed E-state index contributed by atoms with van der Waals surface area (Å²) in [5, 5.41) is 2.65. The first-order valence-corrected chi connectivity index (χ1v) is 20.8. The molecule has 0 heterocycles. The second-order valence-electron chi connectivity index (χ2n) is 17.2. The van der Waals surface area contributed by atoms with Crippen LogP contribution in [0.1, 0.15) is 69.8 Å². The van der Waals surface area contributed by atoms with Crippen LogP contribution in [-0.4, -0.2) is 0 Å². The third-order valence-electron chi connectivity index (χ3n) is 13.7. The molecular weight excluding hydrogens is 697 g/mol. The Morgan fingerprint density at radius 3 is 1.88 bits per heavy atom. The van der Waals surface area contributed by atoms with Gasteiger partial charge >= 0.3 is 0 Å². The van der Waals surface area contributed by atoms with Crippen molar-refractivity contribution in [1.82, 2.24) is 0 Å². The number of hydrogen-bond donors (Lipinski definition) is 0. The Morgan fingerprint density at radius 2 is 1.00 bits per heavy atom. The van der Waals surface area contributed by atoms with Gasteiger partial charge in [-0.05, 0) is 141 Å². The highest BCUT2D eigenvalue weighted by Gasteiger charge is 2.36. The van der Waals surface area contributed by atoms with E-state index in [1.807, 2.05) is 0 Å². The van der Waals surface area contributed by atoms with Gasteiger partial charge in [0.2, 0.25) is 0 Å². The van der Waals surface area contributed by atoms with Gasteiger partial charge in [0.1, 0.15) is 0 Å². The van der Waals surface area contributed by atoms with Gasteiger partial charge in [0.15, 0.2) is 0 Å². The molecule has 0 spiro atoms. The van der Waals surface area contributed by atoms with Gasteiger partial charge in [0.25, 0.3) is 0 Å². The van der Waals surface area contributed by atoms with Crippen LogP contribution in [0.4, 0.5) is 0 Å². The Bertz CT molecular complexity index is 3120. The molecule has 12 rings (SSSR count). The summed E-state index contributed by atoms with van der Waals surface area (Å²) >= 11 is 0. The lowest BCUT2D eigenvalue weighted by Crippen LogP contribution is -2.15. The standard InChI is InChI=1S/C58H42/c1-58(2)54-22-11-10-19-47(54)48-30-29-43(35-55(48)58)56(38-25-23-37(24-26-38)36-13-4-3-5-14-36)42-28-27-41-33-53-52(50(41)34-42)32-40-16-7-9-18-45(40)57(53)49-21-12-20-46-44-17-8-6-15-39(44)31-51(46)49/h3-30,32,34-35,56H,31,33H2,1-2H3. The molecule has 3 aliphatic rings. The Morgan fingerprint density at radius 1 is 0.379 bits per heavy atom. The van der Waals surface area contributed by atoms with Crippen molar-refractivity contribution < 1.29 is 0 Å². The molecule has 0 radical (unpaired) electrons. The molecule has 0 heteroatoms. The first-order valence-electron chi connectivity index (χ1n) is 20.8. The Labute approximate surface area is 341 Å². The molecule has 3 aliphatic carbocycles. The molecular formula is C58H42. The molecule has 1 atom stereocenters. The lowest BCUT2D eigenvalue weighted by molar-refractivity contribution is 0.659. The maximum absolute atomic E-state index is 2.54. The monoisotopic (exact) mass is 738 g/mol. The van der Waals surface area contributed by atoms with Crippen LogP contribution in [-0.2, 0) is 18.3 Å². The van der Waals surface area contributed by atoms with Crippen molar-refractivity contribution in [2.75, 3.05) is 0 Å². The fraction of sp³-hybridized carbons (Fsp3) is 0.103. The van der Waals surface area contributed by atoms with E-state index in [0.29, 0.717) is 0 Å². The highest BCUT2D eigenvalue weighted by molar-refractivity contribution is 6.06. The molecule has 274 valence electrons. The maximum atomic E-state index is 2.54. The van der Waals surface area contributed by atoms with Crippen molar-refractivity contribution >= 4 is 10.8 Å². The van der Waals surface area contributed by atoms with Crippen LogP contribution in [0.15, 0.2) is 188 Å². The van der Waals surface area contributed by atoms with Gasteiger partial charge in [0.05, 0.1) is 0 Å². The summed E-state index contributed by atoms with van der Waals surface area (Å²) in [6.45, 7) is 4.78. The first-order chi connectivity index (χ1) is 28.5. The lowest BCUT2D eigenvalue weighted by atomic mass is 9.78. The summed E-state index contributed by atoms with van der Waals surface area (Å²) in [5.74, 6) is 0.0693. The van der Waals surface area contributed by atoms with Crippen LogP contribution >= 0.6 is 0 Å². The van der Waals surface area contributed by atoms with E-state index in [4.69, 9.17) is 0 Å². The van der Waals surface area contributed by atoms with E-state index in [1.54, 1.807) is 0 Å². The smallest absolute Gasteiger partial charge is 0.0340 e. The molecule has 0 N–H and O–H groups in total. The van der Waals surface area contributed by atoms with Crippen LogP contribution < -0.4 is 0 Å². The minimum Gasteiger partial charge on any atom is -0.0622 e. The highest BCUT2D eigenvalue weighted by atomic mass is 14.4. The van der Waals surface area contributed by atoms with E-state index >= 15 is 0 Å². The van der Waals surface area contributed by atoms with E-state index in [9.17, 15) is 0 Å². The topological polar surface area (TPSA) is 0 Å². The second-order valence-corrected chi connectivity index (χ2v) is 17.2. The molecule has 9 aromatic carbocycles. The van der Waals surface area contributed by atoms with Crippen molar-refractivity contribution in [2.24, 2.45) is 0 Å². The quantitative estimate of drug-likeness (QED) is 0.154. The zero-order valence-electron chi connectivity index (χ0n) is 32.9. The van der Waals surface area contributed by atoms with Gasteiger partial charge in [-0.3, -0.25) is 0 Å². The van der Waals surface area contributed by atoms with Gasteiger partial charge in [-0.2, -0.15) is 0 Å². The molecule has 0 fully saturated rings. The Hall–Kier alpha value is -6.76. The SMILES string of the molecule is CC1(C)c2ccccc2-c2ccc(C(c3ccc(-c4ccccc4)cc3)c3ccc4c(c3)-c3cc5ccccc5c(-c5cccc6c5Cc5ccccc5-6)c3C4)cc21. The molecule has 9 aromatic rings. The summed E-state index contributed by atoms with van der Waals surface area (Å²) in [4.78, 5) is 0. The van der Waals surface area contributed by atoms with Gasteiger partial charge in [-0.25, -0.2) is 0 Å². The minimum atomic E-state index is -0.0725. The normalized spacial score (nSPS) is 14.3. The van der Waals surface area contributed by atoms with Crippen LogP contribution in [0.3, 0.4) is 0 Å².